The van der Waals surface area contributed by atoms with Crippen molar-refractivity contribution >= 4 is 24.1 Å². The van der Waals surface area contributed by atoms with Gasteiger partial charge >= 0.3 is 11.7 Å². The summed E-state index contributed by atoms with van der Waals surface area (Å²) in [5.41, 5.74) is 7.02. The smallest absolute Gasteiger partial charge is 0.327 e. The van der Waals surface area contributed by atoms with Crippen LogP contribution in [0.3, 0.4) is 0 Å². The number of nitrogens with one attached hydrogen (secondary N) is 1. The molecular weight excluding hydrogens is 369 g/mol. The average Bonchev–Trinajstić information content (AvgIpc) is 2.94. The molecule has 1 aromatic carbocycles. The van der Waals surface area contributed by atoms with Gasteiger partial charge in [0, 0.05) is 0 Å². The third kappa shape index (κ3) is 4.37. The van der Waals surface area contributed by atoms with Crippen molar-refractivity contribution in [3.8, 4) is 6.01 Å². The fourth-order valence-corrected chi connectivity index (χ4v) is 3.19. The second-order valence-corrected chi connectivity index (χ2v) is 10.0. The van der Waals surface area contributed by atoms with E-state index < -0.39 is 13.2 Å². The Morgan fingerprint density at radius 1 is 1.26 bits per heavy atom. The van der Waals surface area contributed by atoms with Gasteiger partial charge < -0.3 is 24.8 Å². The molecule has 10 heteroatoms. The predicted octanol–water partition coefficient (Wildman–Crippen LogP) is 2.05. The molecule has 0 radical (unpaired) electrons. The molecule has 3 rings (SSSR count). The number of fused-ring (bicyclic) bond motifs is 1. The maximum absolute atomic E-state index is 12.5. The Bertz CT molecular complexity index is 1040. The number of anilines is 1. The van der Waals surface area contributed by atoms with Gasteiger partial charge in [0.25, 0.3) is 0 Å². The summed E-state index contributed by atoms with van der Waals surface area (Å²) < 4.78 is 24.5. The molecule has 3 aromatic rings. The zero-order valence-corrected chi connectivity index (χ0v) is 16.3. The minimum absolute atomic E-state index is 0.0662. The van der Waals surface area contributed by atoms with Crippen LogP contribution < -0.4 is 16.2 Å². The van der Waals surface area contributed by atoms with E-state index in [0.29, 0.717) is 11.2 Å². The molecule has 144 valence electrons. The molecule has 0 aliphatic rings. The Labute approximate surface area is 155 Å². The summed E-state index contributed by atoms with van der Waals surface area (Å²) in [5, 5.41) is 0. The molecule has 27 heavy (non-hydrogen) atoms. The fraction of sp³-hybridized carbons (Fsp3) is 0.353. The SMILES string of the molecule is COc1nc(N)c2[nH]c(=O)n(CC(OCP(C)(C)=O)c3ccccc3)c2n1. The first-order chi connectivity index (χ1) is 12.8. The Balaban J connectivity index is 2.03. The van der Waals surface area contributed by atoms with Crippen molar-refractivity contribution in [1.29, 1.82) is 0 Å². The lowest BCUT2D eigenvalue weighted by Gasteiger charge is -2.20. The van der Waals surface area contributed by atoms with Crippen LogP contribution in [0.1, 0.15) is 11.7 Å². The Hall–Kier alpha value is -2.64. The topological polar surface area (TPSA) is 125 Å². The molecule has 9 nitrogen and oxygen atoms in total. The summed E-state index contributed by atoms with van der Waals surface area (Å²) >= 11 is 0. The lowest BCUT2D eigenvalue weighted by molar-refractivity contribution is 0.0716. The van der Waals surface area contributed by atoms with Gasteiger partial charge in [-0.15, -0.1) is 0 Å². The van der Waals surface area contributed by atoms with E-state index in [1.165, 1.54) is 11.7 Å². The van der Waals surface area contributed by atoms with E-state index in [1.54, 1.807) is 13.3 Å². The van der Waals surface area contributed by atoms with E-state index in [0.717, 1.165) is 5.56 Å². The molecule has 0 bridgehead atoms. The van der Waals surface area contributed by atoms with Crippen molar-refractivity contribution in [2.45, 2.75) is 12.6 Å². The number of nitrogens with two attached hydrogens (primary N) is 1. The maximum atomic E-state index is 12.5. The lowest BCUT2D eigenvalue weighted by atomic mass is 10.1. The number of hydrogen-bond donors (Lipinski definition) is 2. The predicted molar refractivity (Wildman–Crippen MR) is 104 cm³/mol. The minimum Gasteiger partial charge on any atom is -0.467 e. The van der Waals surface area contributed by atoms with Gasteiger partial charge in [-0.25, -0.2) is 4.79 Å². The number of imidazole rings is 1. The lowest BCUT2D eigenvalue weighted by Crippen LogP contribution is -2.23. The van der Waals surface area contributed by atoms with Crippen LogP contribution in [0.5, 0.6) is 6.01 Å². The average molecular weight is 391 g/mol. The first-order valence-corrected chi connectivity index (χ1v) is 11.1. The molecule has 0 spiro atoms. The normalized spacial score (nSPS) is 13.0. The van der Waals surface area contributed by atoms with Crippen molar-refractivity contribution in [2.24, 2.45) is 0 Å². The second kappa shape index (κ2) is 7.54. The molecule has 0 saturated heterocycles. The highest BCUT2D eigenvalue weighted by Gasteiger charge is 2.21. The van der Waals surface area contributed by atoms with Crippen molar-refractivity contribution in [3.05, 3.63) is 46.4 Å². The van der Waals surface area contributed by atoms with Gasteiger partial charge in [-0.2, -0.15) is 9.97 Å². The van der Waals surface area contributed by atoms with E-state index in [1.807, 2.05) is 30.3 Å². The highest BCUT2D eigenvalue weighted by Crippen LogP contribution is 2.38. The molecule has 0 amide bonds. The Morgan fingerprint density at radius 3 is 2.59 bits per heavy atom. The molecule has 2 aromatic heterocycles. The summed E-state index contributed by atoms with van der Waals surface area (Å²) in [6.45, 7) is 3.49. The van der Waals surface area contributed by atoms with Gasteiger partial charge in [0.05, 0.1) is 13.7 Å². The van der Waals surface area contributed by atoms with Crippen molar-refractivity contribution in [2.75, 3.05) is 32.5 Å². The number of benzene rings is 1. The standard InChI is InChI=1S/C17H22N5O4P/c1-25-16-20-14(18)13-15(21-16)22(17(23)19-13)9-12(26-10-27(2,3)24)11-7-5-4-6-8-11/h4-8,12H,9-10H2,1-3H3,(H,19,23)(H2,18,20,21). The first-order valence-electron chi connectivity index (χ1n) is 8.29. The molecule has 2 heterocycles. The van der Waals surface area contributed by atoms with Gasteiger partial charge in [-0.05, 0) is 18.9 Å². The summed E-state index contributed by atoms with van der Waals surface area (Å²) in [7, 11) is -0.971. The van der Waals surface area contributed by atoms with E-state index in [4.69, 9.17) is 15.2 Å². The van der Waals surface area contributed by atoms with Crippen LogP contribution in [0.2, 0.25) is 0 Å². The second-order valence-electron chi connectivity index (χ2n) is 6.60. The Morgan fingerprint density at radius 2 is 1.96 bits per heavy atom. The van der Waals surface area contributed by atoms with Gasteiger partial charge in [0.1, 0.15) is 25.1 Å². The highest BCUT2D eigenvalue weighted by atomic mass is 31.2. The molecule has 0 aliphatic carbocycles. The van der Waals surface area contributed by atoms with Crippen LogP contribution >= 0.6 is 7.14 Å². The zero-order valence-electron chi connectivity index (χ0n) is 15.4. The van der Waals surface area contributed by atoms with Gasteiger partial charge in [0.2, 0.25) is 0 Å². The van der Waals surface area contributed by atoms with Crippen LogP contribution in [0.15, 0.2) is 35.1 Å². The summed E-state index contributed by atoms with van der Waals surface area (Å²) in [6, 6.07) is 9.50. The van der Waals surface area contributed by atoms with E-state index >= 15 is 0 Å². The largest absolute Gasteiger partial charge is 0.467 e. The summed E-state index contributed by atoms with van der Waals surface area (Å²) in [5.74, 6) is 0.122. The molecule has 0 aliphatic heterocycles. The number of nitrogens with zero attached hydrogens (tertiary/aromatic N) is 3. The number of nitrogen functional groups attached to an aromatic ring is 1. The van der Waals surface area contributed by atoms with Crippen LogP contribution in [-0.2, 0) is 15.8 Å². The minimum atomic E-state index is -2.39. The third-order valence-corrected chi connectivity index (χ3v) is 4.69. The molecule has 0 fully saturated rings. The number of methoxy groups -OCH3 is 1. The van der Waals surface area contributed by atoms with Crippen LogP contribution in [0, 0.1) is 0 Å². The van der Waals surface area contributed by atoms with E-state index in [2.05, 4.69) is 15.0 Å². The van der Waals surface area contributed by atoms with E-state index in [9.17, 15) is 9.36 Å². The van der Waals surface area contributed by atoms with Crippen LogP contribution in [0.25, 0.3) is 11.2 Å². The Kier molecular flexibility index (Phi) is 5.34. The third-order valence-electron chi connectivity index (χ3n) is 3.92. The quantitative estimate of drug-likeness (QED) is 0.591. The van der Waals surface area contributed by atoms with Gasteiger partial charge in [-0.3, -0.25) is 4.57 Å². The van der Waals surface area contributed by atoms with Crippen LogP contribution in [-0.4, -0.2) is 46.3 Å². The van der Waals surface area contributed by atoms with Gasteiger partial charge in [0.15, 0.2) is 11.5 Å². The molecule has 1 atom stereocenters. The van der Waals surface area contributed by atoms with E-state index in [-0.39, 0.29) is 30.4 Å². The molecule has 0 saturated carbocycles. The number of aromatic nitrogens is 4. The van der Waals surface area contributed by atoms with Crippen LogP contribution in [0.4, 0.5) is 5.82 Å². The fourth-order valence-electron chi connectivity index (χ4n) is 2.65. The summed E-state index contributed by atoms with van der Waals surface area (Å²) in [4.78, 5) is 23.4. The number of H-pyrrole nitrogens is 1. The van der Waals surface area contributed by atoms with Gasteiger partial charge in [-0.1, -0.05) is 30.3 Å². The molecule has 1 unspecified atom stereocenters. The summed E-state index contributed by atoms with van der Waals surface area (Å²) in [6.07, 6.45) is -0.386. The highest BCUT2D eigenvalue weighted by molar-refractivity contribution is 7.62. The zero-order chi connectivity index (χ0) is 19.6. The monoisotopic (exact) mass is 391 g/mol. The van der Waals surface area contributed by atoms with Crippen molar-refractivity contribution < 1.29 is 14.0 Å². The number of hydrogen-bond acceptors (Lipinski definition) is 7. The maximum Gasteiger partial charge on any atom is 0.327 e. The van der Waals surface area contributed by atoms with Crippen molar-refractivity contribution in [1.82, 2.24) is 19.5 Å². The number of rotatable bonds is 7. The van der Waals surface area contributed by atoms with Crippen molar-refractivity contribution in [3.63, 3.8) is 0 Å². The first kappa shape index (κ1) is 19.1. The number of aromatic amines is 1. The molecular formula is C17H22N5O4P. The number of ether oxygens (including phenoxy) is 2. The molecule has 3 N–H and O–H groups in total.